The molecular weight excluding hydrogens is 365 g/mol. The van der Waals surface area contributed by atoms with Crippen molar-refractivity contribution in [2.45, 2.75) is 31.9 Å². The Kier molecular flexibility index (Phi) is 4.88. The summed E-state index contributed by atoms with van der Waals surface area (Å²) in [6.45, 7) is -1.14. The fourth-order valence-electron chi connectivity index (χ4n) is 3.65. The largest absolute Gasteiger partial charge is 0.481 e. The number of aliphatic carboxylic acids is 1. The molecule has 2 N–H and O–H groups in total. The average molecular weight is 384 g/mol. The molecule has 2 unspecified atom stereocenters. The van der Waals surface area contributed by atoms with Crippen molar-refractivity contribution in [3.63, 3.8) is 0 Å². The third-order valence-corrected chi connectivity index (χ3v) is 5.39. The number of nitrogens with one attached hydrogen (secondary N) is 1. The normalized spacial score (nSPS) is 25.1. The molecule has 0 bridgehead atoms. The van der Waals surface area contributed by atoms with E-state index in [9.17, 15) is 27.6 Å². The molecule has 146 valence electrons. The van der Waals surface area contributed by atoms with Gasteiger partial charge >= 0.3 is 12.1 Å². The highest BCUT2D eigenvalue weighted by Crippen LogP contribution is 2.46. The van der Waals surface area contributed by atoms with Gasteiger partial charge in [-0.15, -0.1) is 0 Å². The molecule has 0 aliphatic carbocycles. The number of likely N-dealkylation sites (tertiary alicyclic amines) is 1. The highest BCUT2D eigenvalue weighted by molar-refractivity contribution is 5.96. The summed E-state index contributed by atoms with van der Waals surface area (Å²) in [4.78, 5) is 36.6. The number of anilines is 1. The minimum Gasteiger partial charge on any atom is -0.481 e. The fraction of sp³-hybridized carbons (Fsp3) is 0.500. The monoisotopic (exact) mass is 384 g/mol. The molecule has 1 fully saturated rings. The first-order chi connectivity index (χ1) is 12.6. The van der Waals surface area contributed by atoms with Crippen molar-refractivity contribution in [1.29, 1.82) is 0 Å². The van der Waals surface area contributed by atoms with Gasteiger partial charge in [-0.1, -0.05) is 18.2 Å². The first-order valence-corrected chi connectivity index (χ1v) is 8.61. The van der Waals surface area contributed by atoms with Gasteiger partial charge in [0, 0.05) is 31.1 Å². The van der Waals surface area contributed by atoms with Crippen molar-refractivity contribution in [2.24, 2.45) is 11.3 Å². The van der Waals surface area contributed by atoms with Crippen LogP contribution in [0.4, 0.5) is 18.9 Å². The molecule has 0 saturated carbocycles. The van der Waals surface area contributed by atoms with E-state index in [1.807, 2.05) is 12.1 Å². The summed E-state index contributed by atoms with van der Waals surface area (Å²) in [6, 6.07) is 7.28. The number of carbonyl (C=O) groups is 3. The number of carboxylic acid groups (broad SMARTS) is 1. The van der Waals surface area contributed by atoms with Gasteiger partial charge in [-0.25, -0.2) is 0 Å². The number of fused-ring (bicyclic) bond motifs is 1. The van der Waals surface area contributed by atoms with Gasteiger partial charge in [0.2, 0.25) is 11.8 Å². The van der Waals surface area contributed by atoms with E-state index in [1.165, 1.54) is 0 Å². The van der Waals surface area contributed by atoms with Crippen LogP contribution in [0.15, 0.2) is 24.3 Å². The molecule has 6 nitrogen and oxygen atoms in total. The smallest absolute Gasteiger partial charge is 0.406 e. The molecule has 2 amide bonds. The minimum absolute atomic E-state index is 0.103. The molecule has 9 heteroatoms. The molecule has 0 spiro atoms. The Morgan fingerprint density at radius 2 is 2.00 bits per heavy atom. The molecule has 0 aromatic heterocycles. The van der Waals surface area contributed by atoms with Crippen LogP contribution in [0.3, 0.4) is 0 Å². The van der Waals surface area contributed by atoms with E-state index >= 15 is 0 Å². The zero-order valence-electron chi connectivity index (χ0n) is 14.4. The number of hydrogen-bond acceptors (Lipinski definition) is 3. The summed E-state index contributed by atoms with van der Waals surface area (Å²) < 4.78 is 39.6. The predicted molar refractivity (Wildman–Crippen MR) is 88.8 cm³/mol. The summed E-state index contributed by atoms with van der Waals surface area (Å²) in [6.07, 6.45) is -5.04. The van der Waals surface area contributed by atoms with Crippen molar-refractivity contribution in [2.75, 3.05) is 18.4 Å². The Hall–Kier alpha value is -2.58. The average Bonchev–Trinajstić information content (AvgIpc) is 3.06. The maximum Gasteiger partial charge on any atom is 0.406 e. The van der Waals surface area contributed by atoms with Crippen LogP contribution in [0.1, 0.15) is 24.8 Å². The molecule has 2 aliphatic rings. The van der Waals surface area contributed by atoms with E-state index in [4.69, 9.17) is 5.11 Å². The van der Waals surface area contributed by atoms with Crippen LogP contribution in [0.25, 0.3) is 0 Å². The zero-order valence-corrected chi connectivity index (χ0v) is 14.4. The van der Waals surface area contributed by atoms with Gasteiger partial charge in [0.05, 0.1) is 0 Å². The van der Waals surface area contributed by atoms with Gasteiger partial charge in [-0.3, -0.25) is 14.4 Å². The van der Waals surface area contributed by atoms with Crippen LogP contribution in [0.2, 0.25) is 0 Å². The number of alkyl halides is 3. The van der Waals surface area contributed by atoms with Crippen molar-refractivity contribution < 1.29 is 32.7 Å². The lowest BCUT2D eigenvalue weighted by molar-refractivity contribution is -0.227. The Balaban J connectivity index is 1.61. The summed E-state index contributed by atoms with van der Waals surface area (Å²) in [7, 11) is 0. The summed E-state index contributed by atoms with van der Waals surface area (Å²) in [5.41, 5.74) is -1.25. The van der Waals surface area contributed by atoms with Crippen molar-refractivity contribution >= 4 is 23.5 Å². The number of carboxylic acids is 1. The Morgan fingerprint density at radius 1 is 1.30 bits per heavy atom. The third kappa shape index (κ3) is 3.50. The second-order valence-electron chi connectivity index (χ2n) is 7.04. The van der Waals surface area contributed by atoms with Crippen LogP contribution in [-0.4, -0.2) is 47.1 Å². The molecule has 2 aliphatic heterocycles. The maximum atomic E-state index is 13.2. The number of carbonyl (C=O) groups excluding carboxylic acids is 2. The first-order valence-electron chi connectivity index (χ1n) is 8.61. The van der Waals surface area contributed by atoms with Gasteiger partial charge in [-0.05, 0) is 30.9 Å². The lowest BCUT2D eigenvalue weighted by atomic mass is 9.86. The highest BCUT2D eigenvalue weighted by atomic mass is 19.4. The van der Waals surface area contributed by atoms with E-state index in [0.717, 1.165) is 16.2 Å². The molecule has 0 radical (unpaired) electrons. The number of rotatable bonds is 4. The van der Waals surface area contributed by atoms with E-state index in [-0.39, 0.29) is 25.3 Å². The lowest BCUT2D eigenvalue weighted by Crippen LogP contribution is -2.47. The van der Waals surface area contributed by atoms with Crippen LogP contribution < -0.4 is 5.32 Å². The van der Waals surface area contributed by atoms with Gasteiger partial charge in [-0.2, -0.15) is 13.2 Å². The van der Waals surface area contributed by atoms with Gasteiger partial charge in [0.1, 0.15) is 0 Å². The van der Waals surface area contributed by atoms with Gasteiger partial charge in [0.15, 0.2) is 5.41 Å². The standard InChI is InChI=1S/C18H19F3N2O4/c19-18(20,21)17(16(26)27)7-8-23(10-17)14(24)6-5-12-9-11-3-1-2-4-13(11)22-15(12)25/h1-4,12H,5-10H2,(H,22,25)(H,26,27). The summed E-state index contributed by atoms with van der Waals surface area (Å²) in [5, 5.41) is 11.8. The number of nitrogens with zero attached hydrogens (tertiary/aromatic N) is 1. The Bertz CT molecular complexity index is 780. The molecule has 1 aromatic rings. The van der Waals surface area contributed by atoms with Crippen LogP contribution in [0, 0.1) is 11.3 Å². The van der Waals surface area contributed by atoms with Gasteiger partial charge in [0.25, 0.3) is 0 Å². The van der Waals surface area contributed by atoms with Crippen LogP contribution in [0.5, 0.6) is 0 Å². The molecular formula is C18H19F3N2O4. The van der Waals surface area contributed by atoms with E-state index in [0.29, 0.717) is 6.42 Å². The zero-order chi connectivity index (χ0) is 19.8. The van der Waals surface area contributed by atoms with E-state index < -0.39 is 42.4 Å². The van der Waals surface area contributed by atoms with Crippen LogP contribution in [-0.2, 0) is 20.8 Å². The number of halogens is 3. The number of amides is 2. The SMILES string of the molecule is O=C1Nc2ccccc2CC1CCC(=O)N1CCC(C(=O)O)(C(F)(F)F)C1. The fourth-order valence-corrected chi connectivity index (χ4v) is 3.65. The topological polar surface area (TPSA) is 86.7 Å². The van der Waals surface area contributed by atoms with E-state index in [2.05, 4.69) is 5.32 Å². The van der Waals surface area contributed by atoms with Crippen molar-refractivity contribution in [1.82, 2.24) is 4.90 Å². The molecule has 2 atom stereocenters. The number of para-hydroxylation sites is 1. The second-order valence-corrected chi connectivity index (χ2v) is 7.04. The Labute approximate surface area is 153 Å². The van der Waals surface area contributed by atoms with Gasteiger partial charge < -0.3 is 15.3 Å². The molecule has 2 heterocycles. The summed E-state index contributed by atoms with van der Waals surface area (Å²) >= 11 is 0. The Morgan fingerprint density at radius 3 is 2.63 bits per heavy atom. The molecule has 1 saturated heterocycles. The highest BCUT2D eigenvalue weighted by Gasteiger charge is 2.64. The minimum atomic E-state index is -4.93. The van der Waals surface area contributed by atoms with Crippen molar-refractivity contribution in [3.8, 4) is 0 Å². The second kappa shape index (κ2) is 6.86. The van der Waals surface area contributed by atoms with Crippen LogP contribution >= 0.6 is 0 Å². The van der Waals surface area contributed by atoms with Crippen molar-refractivity contribution in [3.05, 3.63) is 29.8 Å². The lowest BCUT2D eigenvalue weighted by Gasteiger charge is -2.27. The summed E-state index contributed by atoms with van der Waals surface area (Å²) in [5.74, 6) is -3.20. The molecule has 1 aromatic carbocycles. The maximum absolute atomic E-state index is 13.2. The third-order valence-electron chi connectivity index (χ3n) is 5.39. The van der Waals surface area contributed by atoms with E-state index in [1.54, 1.807) is 12.1 Å². The quantitative estimate of drug-likeness (QED) is 0.835. The first kappa shape index (κ1) is 19.2. The number of benzene rings is 1. The molecule has 3 rings (SSSR count). The predicted octanol–water partition coefficient (Wildman–Crippen LogP) is 2.44. The molecule has 27 heavy (non-hydrogen) atoms. The number of hydrogen-bond donors (Lipinski definition) is 2.